The van der Waals surface area contributed by atoms with Crippen LogP contribution >= 0.6 is 11.8 Å². The molecule has 25 heavy (non-hydrogen) atoms. The van der Waals surface area contributed by atoms with Crippen molar-refractivity contribution < 1.29 is 14.3 Å². The predicted octanol–water partition coefficient (Wildman–Crippen LogP) is 4.58. The van der Waals surface area contributed by atoms with Gasteiger partial charge in [0.15, 0.2) is 5.78 Å². The highest BCUT2D eigenvalue weighted by atomic mass is 32.2. The average molecular weight is 356 g/mol. The zero-order valence-corrected chi connectivity index (χ0v) is 15.7. The summed E-state index contributed by atoms with van der Waals surface area (Å²) in [6, 6.07) is 10.1. The number of carbonyl (C=O) groups is 2. The molecule has 0 saturated heterocycles. The van der Waals surface area contributed by atoms with Crippen molar-refractivity contribution in [2.45, 2.75) is 49.9 Å². The van der Waals surface area contributed by atoms with Gasteiger partial charge in [0.1, 0.15) is 6.10 Å². The monoisotopic (exact) mass is 356 g/mol. The normalized spacial score (nSPS) is 30.2. The lowest BCUT2D eigenvalue weighted by Crippen LogP contribution is -2.28. The van der Waals surface area contributed by atoms with Crippen molar-refractivity contribution in [2.75, 3.05) is 0 Å². The van der Waals surface area contributed by atoms with E-state index in [1.165, 1.54) is 0 Å². The number of esters is 1. The van der Waals surface area contributed by atoms with E-state index in [1.54, 1.807) is 17.8 Å². The van der Waals surface area contributed by atoms with E-state index < -0.39 is 0 Å². The Labute approximate surface area is 153 Å². The van der Waals surface area contributed by atoms with Gasteiger partial charge in [0.05, 0.1) is 0 Å². The van der Waals surface area contributed by atoms with Crippen LogP contribution in [0.4, 0.5) is 0 Å². The number of fused-ring (bicyclic) bond motifs is 1. The highest BCUT2D eigenvalue weighted by molar-refractivity contribution is 8.00. The summed E-state index contributed by atoms with van der Waals surface area (Å²) in [5.74, 6) is -0.185. The Morgan fingerprint density at radius 2 is 1.88 bits per heavy atom. The Hall–Kier alpha value is -1.81. The molecule has 0 amide bonds. The largest absolute Gasteiger partial charge is 0.454 e. The first-order valence-electron chi connectivity index (χ1n) is 8.73. The van der Waals surface area contributed by atoms with Crippen molar-refractivity contribution in [3.05, 3.63) is 54.1 Å². The van der Waals surface area contributed by atoms with Gasteiger partial charge in [0.2, 0.25) is 0 Å². The van der Waals surface area contributed by atoms with Gasteiger partial charge in [-0.1, -0.05) is 45.0 Å². The van der Waals surface area contributed by atoms with Crippen LogP contribution in [0.5, 0.6) is 0 Å². The van der Waals surface area contributed by atoms with Crippen LogP contribution in [0.2, 0.25) is 0 Å². The standard InChI is InChI=1S/C21H24O3S/c1-14-17(22)11-12-21(2,3)19-13-15(20(23)24-19)9-10-18(14)25-16-7-5-4-6-8-16/h4-8,11-14,18-19H,9-10H2,1-3H3/b12-11+/t14-,18-,19-/m0/s1. The topological polar surface area (TPSA) is 43.4 Å². The minimum Gasteiger partial charge on any atom is -0.454 e. The molecule has 0 N–H and O–H groups in total. The molecule has 0 radical (unpaired) electrons. The first-order chi connectivity index (χ1) is 11.9. The third kappa shape index (κ3) is 4.06. The van der Waals surface area contributed by atoms with E-state index in [4.69, 9.17) is 4.74 Å². The van der Waals surface area contributed by atoms with Crippen LogP contribution < -0.4 is 0 Å². The van der Waals surface area contributed by atoms with Crippen molar-refractivity contribution >= 4 is 23.5 Å². The van der Waals surface area contributed by atoms with E-state index in [1.807, 2.05) is 51.1 Å². The minimum absolute atomic E-state index is 0.106. The van der Waals surface area contributed by atoms with Gasteiger partial charge in [0, 0.05) is 27.1 Å². The highest BCUT2D eigenvalue weighted by Crippen LogP contribution is 2.37. The third-order valence-corrected chi connectivity index (χ3v) is 6.49. The smallest absolute Gasteiger partial charge is 0.334 e. The number of carbonyl (C=O) groups excluding carboxylic acids is 2. The van der Waals surface area contributed by atoms with Crippen LogP contribution in [0.1, 0.15) is 33.6 Å². The van der Waals surface area contributed by atoms with Gasteiger partial charge >= 0.3 is 5.97 Å². The Bertz CT molecular complexity index is 718. The number of ketones is 1. The van der Waals surface area contributed by atoms with E-state index in [-0.39, 0.29) is 34.4 Å². The molecule has 3 nitrogen and oxygen atoms in total. The van der Waals surface area contributed by atoms with Crippen molar-refractivity contribution in [3.63, 3.8) is 0 Å². The molecule has 1 aliphatic carbocycles. The number of ether oxygens (including phenoxy) is 1. The van der Waals surface area contributed by atoms with Crippen LogP contribution in [-0.2, 0) is 14.3 Å². The fourth-order valence-electron chi connectivity index (χ4n) is 3.14. The summed E-state index contributed by atoms with van der Waals surface area (Å²) in [5, 5.41) is 0.119. The number of allylic oxidation sites excluding steroid dienone is 1. The van der Waals surface area contributed by atoms with Gasteiger partial charge in [-0.15, -0.1) is 11.8 Å². The Morgan fingerprint density at radius 3 is 2.60 bits per heavy atom. The van der Waals surface area contributed by atoms with Crippen LogP contribution in [0.25, 0.3) is 0 Å². The van der Waals surface area contributed by atoms with Crippen molar-refractivity contribution in [3.8, 4) is 0 Å². The SMILES string of the molecule is C[C@H]1C(=O)/C=C/C(C)(C)[C@@H]2C=C(CC[C@@H]1Sc1ccccc1)C(=O)O2. The number of thioether (sulfide) groups is 1. The minimum atomic E-state index is -0.390. The molecule has 132 valence electrons. The fourth-order valence-corrected chi connectivity index (χ4v) is 4.37. The molecule has 1 heterocycles. The summed E-state index contributed by atoms with van der Waals surface area (Å²) in [6.45, 7) is 5.98. The van der Waals surface area contributed by atoms with Crippen LogP contribution in [0, 0.1) is 11.3 Å². The molecule has 0 saturated carbocycles. The van der Waals surface area contributed by atoms with E-state index >= 15 is 0 Å². The molecule has 0 fully saturated rings. The zero-order valence-electron chi connectivity index (χ0n) is 14.9. The predicted molar refractivity (Wildman–Crippen MR) is 100 cm³/mol. The summed E-state index contributed by atoms with van der Waals surface area (Å²) >= 11 is 1.72. The quantitative estimate of drug-likeness (QED) is 0.728. The van der Waals surface area contributed by atoms with Crippen LogP contribution in [0.3, 0.4) is 0 Å². The van der Waals surface area contributed by atoms with Crippen molar-refractivity contribution in [1.29, 1.82) is 0 Å². The van der Waals surface area contributed by atoms with Crippen LogP contribution in [-0.4, -0.2) is 23.1 Å². The fraction of sp³-hybridized carbons (Fsp3) is 0.429. The highest BCUT2D eigenvalue weighted by Gasteiger charge is 2.37. The molecule has 0 spiro atoms. The molecule has 1 aromatic carbocycles. The molecule has 3 rings (SSSR count). The third-order valence-electron chi connectivity index (χ3n) is 4.99. The van der Waals surface area contributed by atoms with E-state index in [9.17, 15) is 9.59 Å². The summed E-state index contributed by atoms with van der Waals surface area (Å²) in [5.41, 5.74) is 0.353. The molecule has 1 aliphatic heterocycles. The molecule has 2 aliphatic rings. The maximum absolute atomic E-state index is 12.7. The van der Waals surface area contributed by atoms with Gasteiger partial charge < -0.3 is 4.74 Å². The summed E-state index contributed by atoms with van der Waals surface area (Å²) in [4.78, 5) is 26.0. The number of rotatable bonds is 2. The van der Waals surface area contributed by atoms with Gasteiger partial charge in [-0.3, -0.25) is 4.79 Å². The molecule has 0 aromatic heterocycles. The van der Waals surface area contributed by atoms with Gasteiger partial charge in [-0.05, 0) is 37.1 Å². The lowest BCUT2D eigenvalue weighted by molar-refractivity contribution is -0.142. The summed E-state index contributed by atoms with van der Waals surface area (Å²) in [7, 11) is 0. The van der Waals surface area contributed by atoms with E-state index in [2.05, 4.69) is 12.1 Å². The molecule has 2 bridgehead atoms. The Balaban J connectivity index is 1.88. The molecule has 1 aromatic rings. The van der Waals surface area contributed by atoms with Crippen molar-refractivity contribution in [2.24, 2.45) is 11.3 Å². The lowest BCUT2D eigenvalue weighted by atomic mass is 9.85. The molecule has 4 heteroatoms. The van der Waals surface area contributed by atoms with Gasteiger partial charge in [-0.25, -0.2) is 4.79 Å². The van der Waals surface area contributed by atoms with E-state index in [0.29, 0.717) is 6.42 Å². The molecular formula is C21H24O3S. The first-order valence-corrected chi connectivity index (χ1v) is 9.61. The average Bonchev–Trinajstić information content (AvgIpc) is 2.97. The summed E-state index contributed by atoms with van der Waals surface area (Å²) in [6.07, 6.45) is 6.62. The second-order valence-electron chi connectivity index (χ2n) is 7.37. The van der Waals surface area contributed by atoms with E-state index in [0.717, 1.165) is 16.9 Å². The van der Waals surface area contributed by atoms with Crippen LogP contribution in [0.15, 0.2) is 59.0 Å². The number of benzene rings is 1. The maximum Gasteiger partial charge on any atom is 0.334 e. The van der Waals surface area contributed by atoms with Gasteiger partial charge in [0.25, 0.3) is 0 Å². The molecule has 0 unspecified atom stereocenters. The van der Waals surface area contributed by atoms with Gasteiger partial charge in [-0.2, -0.15) is 0 Å². The number of hydrogen-bond acceptors (Lipinski definition) is 4. The number of hydrogen-bond donors (Lipinski definition) is 0. The lowest BCUT2D eigenvalue weighted by Gasteiger charge is -2.26. The molecular weight excluding hydrogens is 332 g/mol. The van der Waals surface area contributed by atoms with Crippen molar-refractivity contribution in [1.82, 2.24) is 0 Å². The second-order valence-corrected chi connectivity index (χ2v) is 8.68. The Morgan fingerprint density at radius 1 is 1.16 bits per heavy atom. The second kappa shape index (κ2) is 7.20. The Kier molecular flexibility index (Phi) is 5.19. The maximum atomic E-state index is 12.7. The zero-order chi connectivity index (χ0) is 18.0. The first kappa shape index (κ1) is 18.0. The molecule has 3 atom stereocenters. The summed E-state index contributed by atoms with van der Waals surface area (Å²) < 4.78 is 5.53.